The summed E-state index contributed by atoms with van der Waals surface area (Å²) in [4.78, 5) is 16.9. The van der Waals surface area contributed by atoms with E-state index in [1.807, 2.05) is 26.0 Å². The van der Waals surface area contributed by atoms with Crippen molar-refractivity contribution in [3.8, 4) is 5.75 Å². The maximum atomic E-state index is 12.3. The summed E-state index contributed by atoms with van der Waals surface area (Å²) in [7, 11) is 0. The largest absolute Gasteiger partial charge is 0.494 e. The first kappa shape index (κ1) is 17.5. The zero-order valence-corrected chi connectivity index (χ0v) is 15.2. The first-order chi connectivity index (χ1) is 10.8. The van der Waals surface area contributed by atoms with Gasteiger partial charge in [0.25, 0.3) is 5.91 Å². The Bertz CT molecular complexity index is 687. The molecule has 1 heterocycles. The minimum absolute atomic E-state index is 0.0327. The number of ether oxygens (including phenoxy) is 1. The number of thiazole rings is 1. The summed E-state index contributed by atoms with van der Waals surface area (Å²) in [6.07, 6.45) is 0. The van der Waals surface area contributed by atoms with Crippen LogP contribution in [-0.2, 0) is 12.0 Å². The third kappa shape index (κ3) is 4.55. The molecular formula is C18H24N2O2S. The summed E-state index contributed by atoms with van der Waals surface area (Å²) >= 11 is 1.58. The van der Waals surface area contributed by atoms with Crippen LogP contribution in [0.15, 0.2) is 23.6 Å². The molecule has 23 heavy (non-hydrogen) atoms. The van der Waals surface area contributed by atoms with E-state index in [1.165, 1.54) is 0 Å². The Hall–Kier alpha value is -1.88. The average molecular weight is 332 g/mol. The molecule has 0 aliphatic rings. The lowest BCUT2D eigenvalue weighted by molar-refractivity contribution is 0.0950. The lowest BCUT2D eigenvalue weighted by Crippen LogP contribution is -2.23. The van der Waals surface area contributed by atoms with Crippen LogP contribution in [0.5, 0.6) is 5.75 Å². The lowest BCUT2D eigenvalue weighted by atomic mass is 9.93. The summed E-state index contributed by atoms with van der Waals surface area (Å²) in [5.41, 5.74) is 2.69. The molecule has 1 N–H and O–H groups in total. The minimum Gasteiger partial charge on any atom is -0.494 e. The van der Waals surface area contributed by atoms with E-state index >= 15 is 0 Å². The quantitative estimate of drug-likeness (QED) is 0.897. The van der Waals surface area contributed by atoms with Crippen molar-refractivity contribution in [1.29, 1.82) is 0 Å². The van der Waals surface area contributed by atoms with Gasteiger partial charge >= 0.3 is 0 Å². The highest BCUT2D eigenvalue weighted by atomic mass is 32.1. The maximum absolute atomic E-state index is 12.3. The molecular weight excluding hydrogens is 308 g/mol. The summed E-state index contributed by atoms with van der Waals surface area (Å²) in [5, 5.41) is 5.91. The molecule has 2 aromatic rings. The standard InChI is InChI=1S/C18H24N2O2S/c1-6-22-14-8-7-13(9-12(14)2)17(21)19-10-16-20-15(11-23-16)18(3,4)5/h7-9,11H,6,10H2,1-5H3,(H,19,21). The van der Waals surface area contributed by atoms with E-state index in [2.05, 4.69) is 36.5 Å². The van der Waals surface area contributed by atoms with Gasteiger partial charge in [0.1, 0.15) is 10.8 Å². The van der Waals surface area contributed by atoms with Gasteiger partial charge in [-0.15, -0.1) is 11.3 Å². The van der Waals surface area contributed by atoms with Gasteiger partial charge in [-0.3, -0.25) is 4.79 Å². The second kappa shape index (κ2) is 7.13. The molecule has 0 saturated heterocycles. The van der Waals surface area contributed by atoms with Crippen LogP contribution in [0.1, 0.15) is 54.3 Å². The molecule has 5 heteroatoms. The molecule has 2 rings (SSSR count). The van der Waals surface area contributed by atoms with Crippen LogP contribution in [0.2, 0.25) is 0 Å². The number of amides is 1. The van der Waals surface area contributed by atoms with Crippen LogP contribution in [0.4, 0.5) is 0 Å². The van der Waals surface area contributed by atoms with Crippen molar-refractivity contribution < 1.29 is 9.53 Å². The van der Waals surface area contributed by atoms with Crippen molar-refractivity contribution in [3.05, 3.63) is 45.4 Å². The zero-order valence-electron chi connectivity index (χ0n) is 14.4. The number of hydrogen-bond acceptors (Lipinski definition) is 4. The van der Waals surface area contributed by atoms with E-state index in [1.54, 1.807) is 17.4 Å². The van der Waals surface area contributed by atoms with Gasteiger partial charge in [0.2, 0.25) is 0 Å². The van der Waals surface area contributed by atoms with Gasteiger partial charge in [-0.05, 0) is 37.6 Å². The van der Waals surface area contributed by atoms with Crippen molar-refractivity contribution >= 4 is 17.2 Å². The summed E-state index contributed by atoms with van der Waals surface area (Å²) in [6.45, 7) is 11.4. The van der Waals surface area contributed by atoms with E-state index in [-0.39, 0.29) is 11.3 Å². The first-order valence-corrected chi connectivity index (χ1v) is 8.65. The molecule has 0 radical (unpaired) electrons. The molecule has 0 fully saturated rings. The van der Waals surface area contributed by atoms with E-state index in [0.29, 0.717) is 18.7 Å². The molecule has 0 aliphatic heterocycles. The van der Waals surface area contributed by atoms with Crippen molar-refractivity contribution in [1.82, 2.24) is 10.3 Å². The predicted octanol–water partition coefficient (Wildman–Crippen LogP) is 4.08. The van der Waals surface area contributed by atoms with Gasteiger partial charge in [0.15, 0.2) is 0 Å². The highest BCUT2D eigenvalue weighted by molar-refractivity contribution is 7.09. The second-order valence-corrected chi connectivity index (χ2v) is 7.42. The van der Waals surface area contributed by atoms with Crippen LogP contribution in [0, 0.1) is 6.92 Å². The number of benzene rings is 1. The van der Waals surface area contributed by atoms with Crippen molar-refractivity contribution in [2.45, 2.75) is 46.6 Å². The number of rotatable bonds is 5. The van der Waals surface area contributed by atoms with Gasteiger partial charge in [0.05, 0.1) is 18.8 Å². The summed E-state index contributed by atoms with van der Waals surface area (Å²) in [6, 6.07) is 5.48. The van der Waals surface area contributed by atoms with Gasteiger partial charge in [0, 0.05) is 16.4 Å². The molecule has 0 aliphatic carbocycles. The molecule has 4 nitrogen and oxygen atoms in total. The molecule has 0 atom stereocenters. The van der Waals surface area contributed by atoms with Crippen LogP contribution < -0.4 is 10.1 Å². The predicted molar refractivity (Wildman–Crippen MR) is 94.3 cm³/mol. The zero-order chi connectivity index (χ0) is 17.0. The molecule has 0 bridgehead atoms. The average Bonchev–Trinajstić information content (AvgIpc) is 2.96. The Morgan fingerprint density at radius 2 is 2.09 bits per heavy atom. The molecule has 124 valence electrons. The monoisotopic (exact) mass is 332 g/mol. The Morgan fingerprint density at radius 1 is 1.35 bits per heavy atom. The third-order valence-electron chi connectivity index (χ3n) is 3.46. The van der Waals surface area contributed by atoms with Gasteiger partial charge < -0.3 is 10.1 Å². The molecule has 0 saturated carbocycles. The van der Waals surface area contributed by atoms with E-state index in [4.69, 9.17) is 4.74 Å². The SMILES string of the molecule is CCOc1ccc(C(=O)NCc2nc(C(C)(C)C)cs2)cc1C. The number of aryl methyl sites for hydroxylation is 1. The Balaban J connectivity index is 1.99. The molecule has 1 aromatic heterocycles. The van der Waals surface area contributed by atoms with Crippen LogP contribution >= 0.6 is 11.3 Å². The van der Waals surface area contributed by atoms with Crippen LogP contribution in [0.3, 0.4) is 0 Å². The number of hydrogen-bond donors (Lipinski definition) is 1. The Labute approximate surface area is 141 Å². The number of carbonyl (C=O) groups is 1. The number of nitrogens with zero attached hydrogens (tertiary/aromatic N) is 1. The van der Waals surface area contributed by atoms with Crippen molar-refractivity contribution in [2.24, 2.45) is 0 Å². The fraction of sp³-hybridized carbons (Fsp3) is 0.444. The van der Waals surface area contributed by atoms with Gasteiger partial charge in [-0.2, -0.15) is 0 Å². The van der Waals surface area contributed by atoms with Crippen molar-refractivity contribution in [2.75, 3.05) is 6.61 Å². The van der Waals surface area contributed by atoms with Crippen LogP contribution in [-0.4, -0.2) is 17.5 Å². The topological polar surface area (TPSA) is 51.2 Å². The van der Waals surface area contributed by atoms with E-state index in [0.717, 1.165) is 22.0 Å². The normalized spacial score (nSPS) is 11.3. The molecule has 1 aromatic carbocycles. The Morgan fingerprint density at radius 3 is 2.65 bits per heavy atom. The van der Waals surface area contributed by atoms with Gasteiger partial charge in [-0.1, -0.05) is 20.8 Å². The van der Waals surface area contributed by atoms with Crippen molar-refractivity contribution in [3.63, 3.8) is 0 Å². The Kier molecular flexibility index (Phi) is 5.42. The van der Waals surface area contributed by atoms with E-state index in [9.17, 15) is 4.79 Å². The van der Waals surface area contributed by atoms with Crippen LogP contribution in [0.25, 0.3) is 0 Å². The number of carbonyl (C=O) groups excluding carboxylic acids is 1. The summed E-state index contributed by atoms with van der Waals surface area (Å²) in [5.74, 6) is 0.724. The lowest BCUT2D eigenvalue weighted by Gasteiger charge is -2.14. The van der Waals surface area contributed by atoms with Gasteiger partial charge in [-0.25, -0.2) is 4.98 Å². The maximum Gasteiger partial charge on any atom is 0.251 e. The molecule has 1 amide bonds. The second-order valence-electron chi connectivity index (χ2n) is 6.47. The highest BCUT2D eigenvalue weighted by Crippen LogP contribution is 2.24. The molecule has 0 unspecified atom stereocenters. The molecule has 0 spiro atoms. The fourth-order valence-electron chi connectivity index (χ4n) is 2.10. The van der Waals surface area contributed by atoms with E-state index < -0.39 is 0 Å². The smallest absolute Gasteiger partial charge is 0.251 e. The number of nitrogens with one attached hydrogen (secondary N) is 1. The fourth-order valence-corrected chi connectivity index (χ4v) is 3.06. The number of aromatic nitrogens is 1. The minimum atomic E-state index is -0.0938. The summed E-state index contributed by atoms with van der Waals surface area (Å²) < 4.78 is 5.50. The third-order valence-corrected chi connectivity index (χ3v) is 4.31. The first-order valence-electron chi connectivity index (χ1n) is 7.77. The highest BCUT2D eigenvalue weighted by Gasteiger charge is 2.17.